The van der Waals surface area contributed by atoms with Gasteiger partial charge in [-0.25, -0.2) is 18.7 Å². The summed E-state index contributed by atoms with van der Waals surface area (Å²) in [4.78, 5) is 8.35. The van der Waals surface area contributed by atoms with Crippen LogP contribution in [0.4, 0.5) is 20.2 Å². The number of benzene rings is 1. The third-order valence-corrected chi connectivity index (χ3v) is 6.62. The van der Waals surface area contributed by atoms with Gasteiger partial charge in [-0.2, -0.15) is 5.10 Å². The number of nitrogens with one attached hydrogen (secondary N) is 1. The second kappa shape index (κ2) is 8.60. The van der Waals surface area contributed by atoms with Gasteiger partial charge < -0.3 is 10.1 Å². The van der Waals surface area contributed by atoms with Gasteiger partial charge in [0, 0.05) is 24.9 Å². The molecule has 0 bridgehead atoms. The lowest BCUT2D eigenvalue weighted by Gasteiger charge is -2.14. The third kappa shape index (κ3) is 3.83. The van der Waals surface area contributed by atoms with Crippen molar-refractivity contribution in [1.82, 2.24) is 24.1 Å². The van der Waals surface area contributed by atoms with Gasteiger partial charge in [0.1, 0.15) is 10.7 Å². The van der Waals surface area contributed by atoms with Gasteiger partial charge in [-0.1, -0.05) is 17.7 Å². The Morgan fingerprint density at radius 1 is 1.23 bits per heavy atom. The molecule has 4 aromatic rings. The summed E-state index contributed by atoms with van der Waals surface area (Å²) >= 11 is 8.20. The van der Waals surface area contributed by atoms with E-state index in [1.54, 1.807) is 17.9 Å². The predicted octanol–water partition coefficient (Wildman–Crippen LogP) is 5.97. The molecule has 3 heterocycles. The second-order valence-corrected chi connectivity index (χ2v) is 8.69. The van der Waals surface area contributed by atoms with Crippen LogP contribution >= 0.6 is 40.0 Å². The number of hydrogen-bond donors (Lipinski definition) is 1. The Balaban J connectivity index is 1.85. The fourth-order valence-corrected chi connectivity index (χ4v) is 5.21. The number of hydrogen-bond acceptors (Lipinski definition) is 5. The van der Waals surface area contributed by atoms with Crippen molar-refractivity contribution in [2.75, 3.05) is 12.4 Å². The Labute approximate surface area is 190 Å². The second-order valence-electron chi connectivity index (χ2n) is 6.24. The Kier molecular flexibility index (Phi) is 6.08. The number of alkyl halides is 2. The van der Waals surface area contributed by atoms with E-state index in [2.05, 4.69) is 20.4 Å². The van der Waals surface area contributed by atoms with Crippen LogP contribution in [0.1, 0.15) is 12.2 Å². The van der Waals surface area contributed by atoms with E-state index in [9.17, 15) is 8.78 Å². The van der Waals surface area contributed by atoms with E-state index in [-0.39, 0.29) is 17.4 Å². The number of rotatable bonds is 6. The average molecular weight is 563 g/mol. The molecule has 1 aromatic carbocycles. The minimum atomic E-state index is -2.73. The van der Waals surface area contributed by atoms with Gasteiger partial charge in [-0.05, 0) is 40.2 Å². The molecular weight excluding hydrogens is 548 g/mol. The first-order valence-corrected chi connectivity index (χ1v) is 13.0. The minimum Gasteiger partial charge on any atom is -0.494 e. The molecule has 0 saturated heterocycles. The largest absolute Gasteiger partial charge is 0.494 e. The first-order chi connectivity index (χ1) is 14.4. The molecule has 30 heavy (non-hydrogen) atoms. The highest BCUT2D eigenvalue weighted by molar-refractivity contribution is 14.2. The van der Waals surface area contributed by atoms with Crippen LogP contribution in [0.3, 0.4) is 0 Å². The first kappa shape index (κ1) is 21.2. The molecule has 0 radical (unpaired) electrons. The minimum absolute atomic E-state index is 0.000305. The number of imidazole rings is 1. The number of anilines is 2. The van der Waals surface area contributed by atoms with Crippen molar-refractivity contribution in [3.05, 3.63) is 47.5 Å². The molecule has 1 unspecified atom stereocenters. The van der Waals surface area contributed by atoms with E-state index in [0.717, 1.165) is 11.3 Å². The average Bonchev–Trinajstić information content (AvgIpc) is 3.31. The number of nitrogens with zero attached hydrogens (tertiary/aromatic N) is 5. The lowest BCUT2D eigenvalue weighted by Crippen LogP contribution is -1.99. The Bertz CT molecular complexity index is 1230. The van der Waals surface area contributed by atoms with Crippen molar-refractivity contribution in [2.45, 2.75) is 6.43 Å². The van der Waals surface area contributed by atoms with Gasteiger partial charge in [-0.3, -0.25) is 9.02 Å². The highest BCUT2D eigenvalue weighted by Crippen LogP contribution is 2.41. The van der Waals surface area contributed by atoms with Crippen LogP contribution in [0.25, 0.3) is 22.4 Å². The molecule has 0 fully saturated rings. The van der Waals surface area contributed by atoms with E-state index in [1.807, 2.05) is 59.6 Å². The van der Waals surface area contributed by atoms with Gasteiger partial charge >= 0.3 is 0 Å². The molecule has 156 valence electrons. The number of aryl methyl sites for hydroxylation is 1. The van der Waals surface area contributed by atoms with E-state index >= 15 is 0 Å². The van der Waals surface area contributed by atoms with Crippen molar-refractivity contribution in [3.8, 4) is 17.0 Å². The molecular formula is C18H15ClF2IN6OP. The normalized spacial score (nSPS) is 11.8. The van der Waals surface area contributed by atoms with Crippen LogP contribution in [0.5, 0.6) is 5.75 Å². The summed E-state index contributed by atoms with van der Waals surface area (Å²) < 4.78 is 35.7. The van der Waals surface area contributed by atoms with Crippen molar-refractivity contribution in [1.29, 1.82) is 0 Å². The summed E-state index contributed by atoms with van der Waals surface area (Å²) in [5, 5.41) is 7.82. The van der Waals surface area contributed by atoms with E-state index in [4.69, 9.17) is 16.3 Å². The summed E-state index contributed by atoms with van der Waals surface area (Å²) in [7, 11) is 3.39. The molecule has 0 aliphatic rings. The van der Waals surface area contributed by atoms with E-state index in [1.165, 1.54) is 4.34 Å². The maximum absolute atomic E-state index is 13.5. The fourth-order valence-electron chi connectivity index (χ4n) is 3.12. The summed E-state index contributed by atoms with van der Waals surface area (Å²) in [6.45, 7) is 0. The Hall–Kier alpha value is -2.04. The van der Waals surface area contributed by atoms with Gasteiger partial charge in [0.05, 0.1) is 30.6 Å². The number of para-hydroxylation sites is 1. The maximum Gasteiger partial charge on any atom is 0.295 e. The molecule has 12 heteroatoms. The smallest absolute Gasteiger partial charge is 0.295 e. The van der Waals surface area contributed by atoms with Crippen LogP contribution in [-0.2, 0) is 7.05 Å². The van der Waals surface area contributed by atoms with Crippen molar-refractivity contribution >= 4 is 62.6 Å². The van der Waals surface area contributed by atoms with Crippen molar-refractivity contribution < 1.29 is 13.5 Å². The number of ether oxygens (including phenoxy) is 1. The molecule has 1 atom stereocenters. The number of aromatic nitrogens is 5. The van der Waals surface area contributed by atoms with Gasteiger partial charge in [0.2, 0.25) is 0 Å². The summed E-state index contributed by atoms with van der Waals surface area (Å²) in [6.07, 6.45) is -0.889. The van der Waals surface area contributed by atoms with Crippen LogP contribution < -0.4 is 10.1 Å². The predicted molar refractivity (Wildman–Crippen MR) is 124 cm³/mol. The molecule has 0 saturated carbocycles. The molecule has 3 aromatic heterocycles. The van der Waals surface area contributed by atoms with Crippen LogP contribution in [0.2, 0.25) is 5.15 Å². The maximum atomic E-state index is 13.5. The van der Waals surface area contributed by atoms with Crippen molar-refractivity contribution in [3.63, 3.8) is 0 Å². The molecule has 4 rings (SSSR count). The van der Waals surface area contributed by atoms with Crippen LogP contribution in [-0.4, -0.2) is 31.2 Å². The van der Waals surface area contributed by atoms with Crippen LogP contribution in [0, 0.1) is 0 Å². The quantitative estimate of drug-likeness (QED) is 0.178. The topological polar surface area (TPSA) is 69.8 Å². The lowest BCUT2D eigenvalue weighted by atomic mass is 10.1. The number of pyridine rings is 1. The number of methoxy groups -OCH3 is 1. The van der Waals surface area contributed by atoms with Gasteiger partial charge in [0.15, 0.2) is 17.2 Å². The van der Waals surface area contributed by atoms with Crippen LogP contribution in [0.15, 0.2) is 36.5 Å². The molecule has 0 aliphatic carbocycles. The standard InChI is InChI=1S/C18H15ClF2IN6OP/c1-27-7-6-10(26-27)9-4-3-5-11(15(9)29-2)23-12-8-13(19)24-17-14(12)25-18(16(20)21)28(17)30-22/h3-8,16,30H,1-2H3,(H,23,24). The monoisotopic (exact) mass is 562 g/mol. The molecule has 0 spiro atoms. The highest BCUT2D eigenvalue weighted by atomic mass is 127. The highest BCUT2D eigenvalue weighted by Gasteiger charge is 2.23. The zero-order valence-corrected chi connectivity index (χ0v) is 19.6. The zero-order chi connectivity index (χ0) is 21.4. The summed E-state index contributed by atoms with van der Waals surface area (Å²) in [5.74, 6) is 0.214. The zero-order valence-electron chi connectivity index (χ0n) is 15.7. The SMILES string of the molecule is COc1c(Nc2cc(Cl)nc3c2nc(C(F)F)n3PI)cccc1-c1ccn(C)n1. The molecule has 0 amide bonds. The summed E-state index contributed by atoms with van der Waals surface area (Å²) in [5.41, 5.74) is 3.21. The first-order valence-electron chi connectivity index (χ1n) is 8.60. The molecule has 0 aliphatic heterocycles. The third-order valence-electron chi connectivity index (χ3n) is 4.37. The molecule has 7 nitrogen and oxygen atoms in total. The van der Waals surface area contributed by atoms with E-state index < -0.39 is 6.43 Å². The van der Waals surface area contributed by atoms with Gasteiger partial charge in [-0.15, -0.1) is 0 Å². The van der Waals surface area contributed by atoms with Gasteiger partial charge in [0.25, 0.3) is 6.43 Å². The number of fused-ring (bicyclic) bond motifs is 1. The summed E-state index contributed by atoms with van der Waals surface area (Å²) in [6, 6.07) is 8.99. The number of halogens is 4. The molecule has 1 N–H and O–H groups in total. The Morgan fingerprint density at radius 3 is 2.67 bits per heavy atom. The Morgan fingerprint density at radius 2 is 2.03 bits per heavy atom. The fraction of sp³-hybridized carbons (Fsp3) is 0.167. The van der Waals surface area contributed by atoms with E-state index in [0.29, 0.717) is 28.3 Å². The lowest BCUT2D eigenvalue weighted by molar-refractivity contribution is 0.140. The van der Waals surface area contributed by atoms with Crippen molar-refractivity contribution in [2.24, 2.45) is 7.05 Å².